The zero-order valence-electron chi connectivity index (χ0n) is 18.1. The van der Waals surface area contributed by atoms with E-state index < -0.39 is 6.10 Å². The van der Waals surface area contributed by atoms with Crippen molar-refractivity contribution in [3.63, 3.8) is 0 Å². The molecule has 0 aliphatic carbocycles. The summed E-state index contributed by atoms with van der Waals surface area (Å²) >= 11 is 0. The highest BCUT2D eigenvalue weighted by molar-refractivity contribution is 5.79. The Bertz CT molecular complexity index is 566. The van der Waals surface area contributed by atoms with Crippen molar-refractivity contribution in [2.24, 2.45) is 4.99 Å². The summed E-state index contributed by atoms with van der Waals surface area (Å²) in [5.74, 6) is 1.48. The Labute approximate surface area is 170 Å². The third-order valence-corrected chi connectivity index (χ3v) is 4.07. The summed E-state index contributed by atoms with van der Waals surface area (Å²) in [7, 11) is 3.81. The lowest BCUT2D eigenvalue weighted by Crippen LogP contribution is -2.39. The molecule has 1 aromatic carbocycles. The minimum Gasteiger partial charge on any atom is -0.491 e. The second-order valence-corrected chi connectivity index (χ2v) is 7.05. The lowest BCUT2D eigenvalue weighted by Gasteiger charge is -2.17. The van der Waals surface area contributed by atoms with Gasteiger partial charge in [0.1, 0.15) is 5.75 Å². The molecular formula is C21H38N4O3. The quantitative estimate of drug-likeness (QED) is 0.270. The molecule has 1 atom stereocenters. The van der Waals surface area contributed by atoms with Crippen LogP contribution >= 0.6 is 0 Å². The van der Waals surface area contributed by atoms with Gasteiger partial charge in [-0.25, -0.2) is 0 Å². The highest BCUT2D eigenvalue weighted by Gasteiger charge is 2.09. The van der Waals surface area contributed by atoms with Gasteiger partial charge in [0.2, 0.25) is 0 Å². The summed E-state index contributed by atoms with van der Waals surface area (Å²) in [5.41, 5.74) is 0.803. The number of guanidine groups is 1. The van der Waals surface area contributed by atoms with Crippen molar-refractivity contribution in [2.75, 3.05) is 53.5 Å². The number of hydrogen-bond acceptors (Lipinski definition) is 5. The highest BCUT2D eigenvalue weighted by atomic mass is 16.5. The van der Waals surface area contributed by atoms with Crippen molar-refractivity contribution in [2.45, 2.75) is 39.4 Å². The van der Waals surface area contributed by atoms with Gasteiger partial charge in [0.25, 0.3) is 0 Å². The van der Waals surface area contributed by atoms with E-state index in [1.807, 2.05) is 45.0 Å². The Morgan fingerprint density at radius 1 is 1.25 bits per heavy atom. The number of hydrogen-bond donors (Lipinski definition) is 3. The standard InChI is InChI=1S/C21H38N4O3/c1-6-22-21(23-11-8-12-25(4)13-14-27-5)24-16-20(26)18-9-7-10-19(15-18)28-17(2)3/h7,9-10,15,17,20,26H,6,8,11-14,16H2,1-5H3,(H2,22,23,24). The van der Waals surface area contributed by atoms with Crippen LogP contribution in [0.2, 0.25) is 0 Å². The molecule has 0 aromatic heterocycles. The summed E-state index contributed by atoms with van der Waals surface area (Å²) < 4.78 is 10.8. The number of nitrogens with one attached hydrogen (secondary N) is 2. The van der Waals surface area contributed by atoms with Gasteiger partial charge in [-0.05, 0) is 58.5 Å². The molecule has 0 aliphatic rings. The van der Waals surface area contributed by atoms with Crippen LogP contribution in [-0.4, -0.2) is 75.6 Å². The van der Waals surface area contributed by atoms with Gasteiger partial charge in [0.15, 0.2) is 5.96 Å². The number of likely N-dealkylation sites (N-methyl/N-ethyl adjacent to an activating group) is 1. The van der Waals surface area contributed by atoms with Crippen LogP contribution in [0, 0.1) is 0 Å². The third-order valence-electron chi connectivity index (χ3n) is 4.07. The lowest BCUT2D eigenvalue weighted by molar-refractivity contribution is 0.161. The maximum absolute atomic E-state index is 10.5. The van der Waals surface area contributed by atoms with Gasteiger partial charge in [-0.1, -0.05) is 12.1 Å². The molecule has 7 heteroatoms. The number of methoxy groups -OCH3 is 1. The van der Waals surface area contributed by atoms with E-state index in [-0.39, 0.29) is 12.6 Å². The summed E-state index contributed by atoms with van der Waals surface area (Å²) in [5, 5.41) is 17.0. The number of benzene rings is 1. The van der Waals surface area contributed by atoms with Crippen LogP contribution in [-0.2, 0) is 4.74 Å². The van der Waals surface area contributed by atoms with Crippen LogP contribution in [0.3, 0.4) is 0 Å². The van der Waals surface area contributed by atoms with E-state index in [4.69, 9.17) is 9.47 Å². The van der Waals surface area contributed by atoms with Gasteiger partial charge < -0.3 is 30.1 Å². The number of aliphatic imine (C=N–C) groups is 1. The Kier molecular flexibility index (Phi) is 12.3. The van der Waals surface area contributed by atoms with Gasteiger partial charge in [-0.15, -0.1) is 0 Å². The van der Waals surface area contributed by atoms with E-state index in [1.54, 1.807) is 7.11 Å². The van der Waals surface area contributed by atoms with Crippen molar-refractivity contribution in [3.8, 4) is 5.75 Å². The smallest absolute Gasteiger partial charge is 0.191 e. The molecule has 1 rings (SSSR count). The largest absolute Gasteiger partial charge is 0.491 e. The van der Waals surface area contributed by atoms with E-state index >= 15 is 0 Å². The molecule has 3 N–H and O–H groups in total. The number of aliphatic hydroxyl groups excluding tert-OH is 1. The maximum Gasteiger partial charge on any atom is 0.191 e. The molecule has 160 valence electrons. The molecule has 7 nitrogen and oxygen atoms in total. The summed E-state index contributed by atoms with van der Waals surface area (Å²) in [6.45, 7) is 10.5. The zero-order valence-corrected chi connectivity index (χ0v) is 18.1. The van der Waals surface area contributed by atoms with Crippen molar-refractivity contribution in [3.05, 3.63) is 29.8 Å². The topological polar surface area (TPSA) is 78.4 Å². The Balaban J connectivity index is 2.50. The maximum atomic E-state index is 10.5. The van der Waals surface area contributed by atoms with Crippen molar-refractivity contribution in [1.29, 1.82) is 0 Å². The van der Waals surface area contributed by atoms with Gasteiger partial charge >= 0.3 is 0 Å². The van der Waals surface area contributed by atoms with Gasteiger partial charge in [-0.2, -0.15) is 0 Å². The molecular weight excluding hydrogens is 356 g/mol. The number of aliphatic hydroxyl groups is 1. The number of ether oxygens (including phenoxy) is 2. The molecule has 0 spiro atoms. The molecule has 1 unspecified atom stereocenters. The average molecular weight is 395 g/mol. The number of rotatable bonds is 13. The van der Waals surface area contributed by atoms with Crippen LogP contribution in [0.15, 0.2) is 29.3 Å². The van der Waals surface area contributed by atoms with Crippen LogP contribution in [0.4, 0.5) is 0 Å². The van der Waals surface area contributed by atoms with E-state index in [0.717, 1.165) is 56.5 Å². The molecule has 28 heavy (non-hydrogen) atoms. The minimum atomic E-state index is -0.675. The van der Waals surface area contributed by atoms with Crippen LogP contribution in [0.5, 0.6) is 5.75 Å². The first kappa shape index (κ1) is 24.2. The van der Waals surface area contributed by atoms with Gasteiger partial charge in [-0.3, -0.25) is 4.99 Å². The van der Waals surface area contributed by atoms with Gasteiger partial charge in [0.05, 0.1) is 25.4 Å². The summed E-state index contributed by atoms with van der Waals surface area (Å²) in [6.07, 6.45) is 0.428. The molecule has 0 fully saturated rings. The van der Waals surface area contributed by atoms with Crippen LogP contribution in [0.25, 0.3) is 0 Å². The lowest BCUT2D eigenvalue weighted by atomic mass is 10.1. The summed E-state index contributed by atoms with van der Waals surface area (Å²) in [6, 6.07) is 7.55. The second-order valence-electron chi connectivity index (χ2n) is 7.05. The zero-order chi connectivity index (χ0) is 20.8. The first-order chi connectivity index (χ1) is 13.5. The van der Waals surface area contributed by atoms with Crippen molar-refractivity contribution >= 4 is 5.96 Å². The van der Waals surface area contributed by atoms with Crippen molar-refractivity contribution < 1.29 is 14.6 Å². The normalized spacial score (nSPS) is 13.1. The molecule has 0 aliphatic heterocycles. The van der Waals surface area contributed by atoms with Crippen LogP contribution in [0.1, 0.15) is 38.9 Å². The molecule has 0 radical (unpaired) electrons. The molecule has 1 aromatic rings. The predicted octanol–water partition coefficient (Wildman–Crippen LogP) is 2.03. The predicted molar refractivity (Wildman–Crippen MR) is 115 cm³/mol. The summed E-state index contributed by atoms with van der Waals surface area (Å²) in [4.78, 5) is 6.76. The average Bonchev–Trinajstić information content (AvgIpc) is 2.67. The Morgan fingerprint density at radius 3 is 2.71 bits per heavy atom. The van der Waals surface area contributed by atoms with E-state index in [1.165, 1.54) is 0 Å². The Hall–Kier alpha value is -1.83. The molecule has 0 saturated carbocycles. The first-order valence-corrected chi connectivity index (χ1v) is 10.1. The van der Waals surface area contributed by atoms with Crippen LogP contribution < -0.4 is 15.4 Å². The monoisotopic (exact) mass is 394 g/mol. The SMILES string of the molecule is CCNC(=NCC(O)c1cccc(OC(C)C)c1)NCCCN(C)CCOC. The van der Waals surface area contributed by atoms with Crippen molar-refractivity contribution in [1.82, 2.24) is 15.5 Å². The highest BCUT2D eigenvalue weighted by Crippen LogP contribution is 2.20. The fourth-order valence-electron chi connectivity index (χ4n) is 2.61. The van der Waals surface area contributed by atoms with Gasteiger partial charge in [0, 0.05) is 26.7 Å². The minimum absolute atomic E-state index is 0.100. The first-order valence-electron chi connectivity index (χ1n) is 10.1. The van der Waals surface area contributed by atoms with E-state index in [0.29, 0.717) is 0 Å². The van der Waals surface area contributed by atoms with E-state index in [9.17, 15) is 5.11 Å². The molecule has 0 amide bonds. The second kappa shape index (κ2) is 14.2. The third kappa shape index (κ3) is 10.5. The molecule has 0 bridgehead atoms. The Morgan fingerprint density at radius 2 is 2.04 bits per heavy atom. The fraction of sp³-hybridized carbons (Fsp3) is 0.667. The van der Waals surface area contributed by atoms with E-state index in [2.05, 4.69) is 27.6 Å². The number of nitrogens with zero attached hydrogens (tertiary/aromatic N) is 2. The molecule has 0 heterocycles. The fourth-order valence-corrected chi connectivity index (χ4v) is 2.61. The molecule has 0 saturated heterocycles.